The lowest BCUT2D eigenvalue weighted by atomic mass is 9.88. The quantitative estimate of drug-likeness (QED) is 0.176. The van der Waals surface area contributed by atoms with E-state index in [-0.39, 0.29) is 29.9 Å². The van der Waals surface area contributed by atoms with E-state index in [1.165, 1.54) is 12.7 Å². The highest BCUT2D eigenvalue weighted by Crippen LogP contribution is 2.31. The molecule has 0 amide bonds. The zero-order valence-electron chi connectivity index (χ0n) is 25.6. The summed E-state index contributed by atoms with van der Waals surface area (Å²) in [5.41, 5.74) is 10.8. The summed E-state index contributed by atoms with van der Waals surface area (Å²) in [6.07, 6.45) is 7.04. The van der Waals surface area contributed by atoms with Crippen molar-refractivity contribution in [2.75, 3.05) is 46.3 Å². The van der Waals surface area contributed by atoms with Gasteiger partial charge in [-0.25, -0.2) is 4.79 Å². The number of allylic oxidation sites excluding steroid dienone is 3. The van der Waals surface area contributed by atoms with Gasteiger partial charge in [0.15, 0.2) is 23.0 Å². The number of fused-ring (bicyclic) bond motifs is 1. The van der Waals surface area contributed by atoms with Crippen molar-refractivity contribution in [3.63, 3.8) is 0 Å². The summed E-state index contributed by atoms with van der Waals surface area (Å²) in [6, 6.07) is 3.88. The average Bonchev–Trinajstić information content (AvgIpc) is 3.30. The third-order valence-electron chi connectivity index (χ3n) is 7.51. The van der Waals surface area contributed by atoms with Gasteiger partial charge < -0.3 is 35.0 Å². The summed E-state index contributed by atoms with van der Waals surface area (Å²) in [4.78, 5) is 36.0. The molecular formula is C31H42N6O6. The number of H-pyrrole nitrogens is 1. The van der Waals surface area contributed by atoms with Gasteiger partial charge in [-0.15, -0.1) is 0 Å². The number of hydrogen-bond acceptors (Lipinski definition) is 10. The van der Waals surface area contributed by atoms with Crippen LogP contribution in [0.4, 0.5) is 5.82 Å². The van der Waals surface area contributed by atoms with Gasteiger partial charge in [0.2, 0.25) is 0 Å². The molecule has 4 N–H and O–H groups in total. The number of nitrogens with one attached hydrogen (secondary N) is 2. The SMILES string of the molecule is CCCCOc1nc(N)c2[nH]c(=O)n(CC3=CC=C(CNCCOc4cc(CC(=O)OC)c(C)cc4OC)C(C)C3)c2n1. The molecule has 1 aliphatic rings. The molecule has 1 unspecified atom stereocenters. The molecule has 0 aliphatic heterocycles. The number of nitrogen functional groups attached to an aromatic ring is 1. The molecule has 1 atom stereocenters. The van der Waals surface area contributed by atoms with Gasteiger partial charge in [-0.3, -0.25) is 9.36 Å². The molecule has 12 nitrogen and oxygen atoms in total. The van der Waals surface area contributed by atoms with Crippen LogP contribution in [0, 0.1) is 12.8 Å². The second-order valence-electron chi connectivity index (χ2n) is 10.7. The lowest BCUT2D eigenvalue weighted by Crippen LogP contribution is -2.26. The Bertz CT molecular complexity index is 1560. The Balaban J connectivity index is 1.34. The molecule has 12 heteroatoms. The molecule has 1 aromatic carbocycles. The molecule has 3 aromatic rings. The van der Waals surface area contributed by atoms with Crippen molar-refractivity contribution in [2.45, 2.75) is 53.0 Å². The first-order valence-corrected chi connectivity index (χ1v) is 14.6. The molecule has 0 radical (unpaired) electrons. The average molecular weight is 595 g/mol. The molecule has 232 valence electrons. The summed E-state index contributed by atoms with van der Waals surface area (Å²) in [5.74, 6) is 1.39. The van der Waals surface area contributed by atoms with Gasteiger partial charge in [-0.2, -0.15) is 9.97 Å². The Labute approximate surface area is 251 Å². The number of nitrogens with zero attached hydrogens (tertiary/aromatic N) is 3. The number of ether oxygens (including phenoxy) is 4. The minimum Gasteiger partial charge on any atom is -0.493 e. The minimum atomic E-state index is -0.304. The number of imidazole rings is 1. The molecule has 0 saturated heterocycles. The molecule has 2 heterocycles. The minimum absolute atomic E-state index is 0.174. The normalized spacial score (nSPS) is 14.8. The van der Waals surface area contributed by atoms with Crippen LogP contribution in [0.3, 0.4) is 0 Å². The van der Waals surface area contributed by atoms with E-state index in [9.17, 15) is 9.59 Å². The largest absolute Gasteiger partial charge is 0.493 e. The highest BCUT2D eigenvalue weighted by atomic mass is 16.5. The number of nitrogens with two attached hydrogens (primary N) is 1. The van der Waals surface area contributed by atoms with Gasteiger partial charge in [-0.05, 0) is 54.5 Å². The lowest BCUT2D eigenvalue weighted by molar-refractivity contribution is -0.139. The number of benzene rings is 1. The van der Waals surface area contributed by atoms with Crippen LogP contribution in [0.5, 0.6) is 17.5 Å². The third-order valence-corrected chi connectivity index (χ3v) is 7.51. The molecule has 0 fully saturated rings. The highest BCUT2D eigenvalue weighted by Gasteiger charge is 2.19. The van der Waals surface area contributed by atoms with Gasteiger partial charge in [0.05, 0.1) is 33.8 Å². The number of unbranched alkanes of at least 4 members (excludes halogenated alkanes) is 1. The number of aryl methyl sites for hydroxylation is 1. The number of rotatable bonds is 15. The lowest BCUT2D eigenvalue weighted by Gasteiger charge is -2.22. The second-order valence-corrected chi connectivity index (χ2v) is 10.7. The topological polar surface area (TPSA) is 156 Å². The van der Waals surface area contributed by atoms with E-state index in [0.717, 1.165) is 36.0 Å². The van der Waals surface area contributed by atoms with Gasteiger partial charge in [0.25, 0.3) is 0 Å². The van der Waals surface area contributed by atoms with E-state index in [1.54, 1.807) is 11.7 Å². The fourth-order valence-corrected chi connectivity index (χ4v) is 4.94. The molecular weight excluding hydrogens is 552 g/mol. The zero-order chi connectivity index (χ0) is 30.9. The van der Waals surface area contributed by atoms with Crippen LogP contribution in [0.25, 0.3) is 11.2 Å². The highest BCUT2D eigenvalue weighted by molar-refractivity contribution is 5.82. The van der Waals surface area contributed by atoms with Crippen molar-refractivity contribution in [3.05, 3.63) is 57.0 Å². The number of carbonyl (C=O) groups is 1. The van der Waals surface area contributed by atoms with Gasteiger partial charge in [-0.1, -0.05) is 38.0 Å². The van der Waals surface area contributed by atoms with E-state index in [1.807, 2.05) is 19.1 Å². The zero-order valence-corrected chi connectivity index (χ0v) is 25.6. The van der Waals surface area contributed by atoms with Crippen molar-refractivity contribution in [3.8, 4) is 17.5 Å². The van der Waals surface area contributed by atoms with Crippen LogP contribution >= 0.6 is 0 Å². The Hall–Kier alpha value is -4.32. The molecule has 4 rings (SSSR count). The van der Waals surface area contributed by atoms with E-state index in [4.69, 9.17) is 24.7 Å². The van der Waals surface area contributed by atoms with Gasteiger partial charge in [0.1, 0.15) is 12.1 Å². The molecule has 43 heavy (non-hydrogen) atoms. The Morgan fingerprint density at radius 3 is 2.70 bits per heavy atom. The Morgan fingerprint density at radius 2 is 1.98 bits per heavy atom. The monoisotopic (exact) mass is 594 g/mol. The van der Waals surface area contributed by atoms with Crippen LogP contribution in [-0.4, -0.2) is 66.0 Å². The Morgan fingerprint density at radius 1 is 1.16 bits per heavy atom. The van der Waals surface area contributed by atoms with Gasteiger partial charge in [0, 0.05) is 13.1 Å². The maximum absolute atomic E-state index is 12.8. The predicted molar refractivity (Wildman–Crippen MR) is 165 cm³/mol. The van der Waals surface area contributed by atoms with Crippen molar-refractivity contribution in [1.82, 2.24) is 24.8 Å². The number of methoxy groups -OCH3 is 2. The van der Waals surface area contributed by atoms with Crippen LogP contribution < -0.4 is 31.0 Å². The van der Waals surface area contributed by atoms with E-state index >= 15 is 0 Å². The second kappa shape index (κ2) is 14.7. The summed E-state index contributed by atoms with van der Waals surface area (Å²) >= 11 is 0. The first-order chi connectivity index (χ1) is 20.7. The molecule has 1 aliphatic carbocycles. The van der Waals surface area contributed by atoms with Crippen molar-refractivity contribution in [1.29, 1.82) is 0 Å². The van der Waals surface area contributed by atoms with E-state index < -0.39 is 0 Å². The van der Waals surface area contributed by atoms with Crippen LogP contribution in [0.2, 0.25) is 0 Å². The van der Waals surface area contributed by atoms with Crippen LogP contribution in [0.1, 0.15) is 44.2 Å². The summed E-state index contributed by atoms with van der Waals surface area (Å²) in [5, 5.41) is 3.45. The molecule has 0 bridgehead atoms. The van der Waals surface area contributed by atoms with Crippen molar-refractivity contribution >= 4 is 23.0 Å². The number of aromatic amines is 1. The van der Waals surface area contributed by atoms with Crippen molar-refractivity contribution in [2.24, 2.45) is 5.92 Å². The number of esters is 1. The van der Waals surface area contributed by atoms with E-state index in [0.29, 0.717) is 61.4 Å². The molecule has 0 saturated carbocycles. The molecule has 2 aromatic heterocycles. The fourth-order valence-electron chi connectivity index (χ4n) is 4.94. The van der Waals surface area contributed by atoms with E-state index in [2.05, 4.69) is 46.3 Å². The number of hydrogen-bond donors (Lipinski definition) is 3. The third kappa shape index (κ3) is 7.95. The number of carbonyl (C=O) groups excluding carboxylic acids is 1. The summed E-state index contributed by atoms with van der Waals surface area (Å²) in [7, 11) is 2.97. The Kier molecular flexibility index (Phi) is 10.8. The van der Waals surface area contributed by atoms with Crippen molar-refractivity contribution < 1.29 is 23.7 Å². The first kappa shape index (κ1) is 31.6. The summed E-state index contributed by atoms with van der Waals surface area (Å²) in [6.45, 7) is 8.83. The smallest absolute Gasteiger partial charge is 0.328 e. The van der Waals surface area contributed by atoms with Gasteiger partial charge >= 0.3 is 17.7 Å². The fraction of sp³-hybridized carbons (Fsp3) is 0.484. The standard InChI is InChI=1S/C31H42N6O6/c1-6-7-11-43-30-35-28(32)27-29(36-30)37(31(39)34-27)18-21-8-9-22(19(2)13-21)17-33-10-12-42-25-15-23(16-26(38)41-5)20(3)14-24(25)40-4/h8-9,14-15,19,33H,6-7,10-13,16-18H2,1-5H3,(H,34,39)(H2,32,35,36). The maximum Gasteiger partial charge on any atom is 0.328 e. The van der Waals surface area contributed by atoms with Crippen LogP contribution in [-0.2, 0) is 22.5 Å². The number of anilines is 1. The first-order valence-electron chi connectivity index (χ1n) is 14.6. The number of aromatic nitrogens is 4. The van der Waals surface area contributed by atoms with Crippen LogP contribution in [0.15, 0.2) is 40.2 Å². The summed E-state index contributed by atoms with van der Waals surface area (Å²) < 4.78 is 23.5. The molecule has 0 spiro atoms. The predicted octanol–water partition coefficient (Wildman–Crippen LogP) is 3.47. The maximum atomic E-state index is 12.8.